The molecular weight excluding hydrogens is 773 g/mol. The Labute approximate surface area is 387 Å². The summed E-state index contributed by atoms with van der Waals surface area (Å²) < 4.78 is 86.2. The van der Waals surface area contributed by atoms with Crippen LogP contribution < -0.4 is 4.90 Å². The first-order valence-corrected chi connectivity index (χ1v) is 21.2. The summed E-state index contributed by atoms with van der Waals surface area (Å²) in [5, 5.41) is 7.00. The molecule has 0 N–H and O–H groups in total. The molecule has 0 aliphatic heterocycles. The quantitative estimate of drug-likeness (QED) is 0.139. The van der Waals surface area contributed by atoms with Gasteiger partial charge in [-0.3, -0.25) is 0 Å². The van der Waals surface area contributed by atoms with Crippen LogP contribution in [0.2, 0.25) is 0 Å². The number of hydrogen-bond donors (Lipinski definition) is 0. The van der Waals surface area contributed by atoms with E-state index in [1.165, 1.54) is 26.9 Å². The molecule has 2 heteroatoms. The van der Waals surface area contributed by atoms with Crippen molar-refractivity contribution in [3.8, 4) is 50.2 Å². The summed E-state index contributed by atoms with van der Waals surface area (Å²) in [5.74, 6) is 0. The van der Waals surface area contributed by atoms with Crippen LogP contribution in [0.15, 0.2) is 255 Å². The van der Waals surface area contributed by atoms with Gasteiger partial charge in [-0.25, -0.2) is 0 Å². The molecule has 0 aliphatic carbocycles. The molecule has 0 saturated heterocycles. The molecule has 1 heterocycles. The molecule has 0 amide bonds. The summed E-state index contributed by atoms with van der Waals surface area (Å²) in [6, 6.07) is 61.9. The first kappa shape index (κ1) is 28.2. The Bertz CT molecular complexity index is 4040. The molecular formula is C62H42N2. The van der Waals surface area contributed by atoms with Crippen LogP contribution in [0.3, 0.4) is 0 Å². The summed E-state index contributed by atoms with van der Waals surface area (Å²) >= 11 is 0. The van der Waals surface area contributed by atoms with Crippen LogP contribution in [-0.2, 0) is 0 Å². The highest BCUT2D eigenvalue weighted by molar-refractivity contribution is 6.32. The molecule has 300 valence electrons. The van der Waals surface area contributed by atoms with Crippen LogP contribution in [0.25, 0.3) is 93.5 Å². The maximum absolute atomic E-state index is 8.61. The third kappa shape index (κ3) is 6.52. The van der Waals surface area contributed by atoms with Crippen molar-refractivity contribution in [1.82, 2.24) is 4.57 Å². The van der Waals surface area contributed by atoms with Gasteiger partial charge in [-0.2, -0.15) is 0 Å². The van der Waals surface area contributed by atoms with Crippen molar-refractivity contribution in [3.05, 3.63) is 255 Å². The van der Waals surface area contributed by atoms with E-state index in [1.54, 1.807) is 24.3 Å². The van der Waals surface area contributed by atoms with E-state index >= 15 is 0 Å². The maximum atomic E-state index is 8.61. The Morgan fingerprint density at radius 1 is 0.312 bits per heavy atom. The number of fused-ring (bicyclic) bond motifs is 8. The molecule has 0 saturated carbocycles. The van der Waals surface area contributed by atoms with Gasteiger partial charge in [-0.1, -0.05) is 194 Å². The predicted octanol–water partition coefficient (Wildman–Crippen LogP) is 17.2. The molecule has 0 fully saturated rings. The van der Waals surface area contributed by atoms with Gasteiger partial charge in [-0.05, 0) is 121 Å². The zero-order valence-corrected chi connectivity index (χ0v) is 34.4. The lowest BCUT2D eigenvalue weighted by atomic mass is 9.95. The summed E-state index contributed by atoms with van der Waals surface area (Å²) in [4.78, 5) is 2.01. The van der Waals surface area contributed by atoms with E-state index in [1.807, 2.05) is 47.4 Å². The highest BCUT2D eigenvalue weighted by Crippen LogP contribution is 2.44. The topological polar surface area (TPSA) is 8.17 Å². The average molecular weight is 825 g/mol. The molecule has 0 aliphatic rings. The molecule has 0 radical (unpaired) electrons. The van der Waals surface area contributed by atoms with Gasteiger partial charge in [0.2, 0.25) is 0 Å². The van der Waals surface area contributed by atoms with E-state index in [9.17, 15) is 0 Å². The second-order valence-corrected chi connectivity index (χ2v) is 15.8. The van der Waals surface area contributed by atoms with Gasteiger partial charge < -0.3 is 9.47 Å². The van der Waals surface area contributed by atoms with Gasteiger partial charge >= 0.3 is 0 Å². The van der Waals surface area contributed by atoms with Crippen molar-refractivity contribution >= 4 is 60.4 Å². The largest absolute Gasteiger partial charge is 0.311 e. The molecule has 1 aromatic heterocycles. The van der Waals surface area contributed by atoms with Crippen LogP contribution in [0, 0.1) is 0 Å². The number of rotatable bonds is 8. The predicted molar refractivity (Wildman–Crippen MR) is 272 cm³/mol. The SMILES string of the molecule is [2H]c1c([2H])c([2H])c(-c2ccc(N(c3ccc(-c4ccc5c(c4)c4c6ccccc6c6ccccc6c4n5-c4ccc(-c5ccccc5)cc4)cc3)c3ccc(-c4c([2H])c([2H])c([2H])c([2H])c4[2H])cc3)cc2)c([2H])c1[2H]. The Morgan fingerprint density at radius 3 is 1.27 bits per heavy atom. The van der Waals surface area contributed by atoms with Gasteiger partial charge in [0.25, 0.3) is 0 Å². The number of aromatic nitrogens is 1. The van der Waals surface area contributed by atoms with Crippen molar-refractivity contribution in [1.29, 1.82) is 0 Å². The van der Waals surface area contributed by atoms with Crippen molar-refractivity contribution < 1.29 is 13.7 Å². The van der Waals surface area contributed by atoms with Crippen LogP contribution in [0.1, 0.15) is 13.7 Å². The summed E-state index contributed by atoms with van der Waals surface area (Å²) in [6.07, 6.45) is 0. The fraction of sp³-hybridized carbons (Fsp3) is 0. The minimum atomic E-state index is -0.458. The third-order valence-corrected chi connectivity index (χ3v) is 12.2. The number of nitrogens with zero attached hydrogens (tertiary/aromatic N) is 2. The van der Waals surface area contributed by atoms with Crippen LogP contribution >= 0.6 is 0 Å². The van der Waals surface area contributed by atoms with Crippen LogP contribution in [-0.4, -0.2) is 4.57 Å². The van der Waals surface area contributed by atoms with Gasteiger partial charge in [0.05, 0.1) is 24.7 Å². The van der Waals surface area contributed by atoms with Crippen molar-refractivity contribution in [2.45, 2.75) is 0 Å². The molecule has 64 heavy (non-hydrogen) atoms. The lowest BCUT2D eigenvalue weighted by Gasteiger charge is -2.26. The second-order valence-electron chi connectivity index (χ2n) is 15.8. The van der Waals surface area contributed by atoms with Crippen LogP contribution in [0.5, 0.6) is 0 Å². The molecule has 12 rings (SSSR count). The molecule has 0 unspecified atom stereocenters. The Morgan fingerprint density at radius 2 is 0.719 bits per heavy atom. The molecule has 2 nitrogen and oxygen atoms in total. The van der Waals surface area contributed by atoms with E-state index in [2.05, 4.69) is 132 Å². The van der Waals surface area contributed by atoms with E-state index in [0.29, 0.717) is 22.5 Å². The highest BCUT2D eigenvalue weighted by Gasteiger charge is 2.20. The zero-order valence-electron chi connectivity index (χ0n) is 44.4. The molecule has 0 atom stereocenters. The Hall–Kier alpha value is -8.46. The van der Waals surface area contributed by atoms with E-state index in [-0.39, 0.29) is 35.3 Å². The fourth-order valence-corrected chi connectivity index (χ4v) is 9.15. The number of hydrogen-bond acceptors (Lipinski definition) is 1. The molecule has 11 aromatic carbocycles. The summed E-state index contributed by atoms with van der Waals surface area (Å²) in [5.41, 5.74) is 10.9. The molecule has 0 spiro atoms. The van der Waals surface area contributed by atoms with Gasteiger partial charge in [0.1, 0.15) is 0 Å². The average Bonchev–Trinajstić information content (AvgIpc) is 3.79. The minimum Gasteiger partial charge on any atom is -0.311 e. The monoisotopic (exact) mass is 824 g/mol. The summed E-state index contributed by atoms with van der Waals surface area (Å²) in [6.45, 7) is 0. The third-order valence-electron chi connectivity index (χ3n) is 12.2. The van der Waals surface area contributed by atoms with Crippen LogP contribution in [0.4, 0.5) is 17.1 Å². The molecule has 12 aromatic rings. The maximum Gasteiger partial charge on any atom is 0.0629 e. The smallest absolute Gasteiger partial charge is 0.0629 e. The lowest BCUT2D eigenvalue weighted by Crippen LogP contribution is -2.09. The van der Waals surface area contributed by atoms with E-state index in [0.717, 1.165) is 50.0 Å². The zero-order chi connectivity index (χ0) is 51.1. The van der Waals surface area contributed by atoms with Crippen molar-refractivity contribution in [3.63, 3.8) is 0 Å². The van der Waals surface area contributed by atoms with Gasteiger partial charge in [-0.15, -0.1) is 0 Å². The first-order valence-electron chi connectivity index (χ1n) is 26.2. The van der Waals surface area contributed by atoms with E-state index < -0.39 is 36.3 Å². The highest BCUT2D eigenvalue weighted by atomic mass is 15.1. The molecule has 0 bridgehead atoms. The van der Waals surface area contributed by atoms with Gasteiger partial charge in [0.15, 0.2) is 0 Å². The minimum absolute atomic E-state index is 0.101. The standard InChI is InChI=1S/C62H42N2/c1-4-14-43(15-5-1)46-24-33-51(34-25-46)63(52-35-26-47(27-36-52)44-16-6-2-7-17-44)53-37-30-49(31-38-53)50-32-41-60-59(42-50)61-57-22-12-10-20-55(57)56-21-11-13-23-58(56)62(61)64(60)54-39-28-48(29-40-54)45-18-8-3-9-19-45/h1-42H/i1D,2D,4D,5D,6D,7D,14D,15D,16D,17D. The first-order chi connectivity index (χ1) is 35.9. The van der Waals surface area contributed by atoms with Crippen molar-refractivity contribution in [2.24, 2.45) is 0 Å². The van der Waals surface area contributed by atoms with Gasteiger partial charge in [0, 0.05) is 38.9 Å². The Kier molecular flexibility index (Phi) is 6.95. The Balaban J connectivity index is 0.988. The number of benzene rings is 11. The number of anilines is 3. The fourth-order valence-electron chi connectivity index (χ4n) is 9.15. The normalized spacial score (nSPS) is 13.6. The lowest BCUT2D eigenvalue weighted by molar-refractivity contribution is 1.19. The second kappa shape index (κ2) is 15.8. The van der Waals surface area contributed by atoms with Crippen molar-refractivity contribution in [2.75, 3.05) is 4.90 Å². The van der Waals surface area contributed by atoms with E-state index in [4.69, 9.17) is 13.7 Å². The summed E-state index contributed by atoms with van der Waals surface area (Å²) in [7, 11) is 0.